The molecule has 0 bridgehead atoms. The third-order valence-corrected chi connectivity index (χ3v) is 3.15. The first-order valence-electron chi connectivity index (χ1n) is 4.76. The Hall–Kier alpha value is -0.700. The largest absolute Gasteiger partial charge is 0.367 e. The fraction of sp³-hybridized carbons (Fsp3) is 0.455. The Morgan fingerprint density at radius 3 is 2.86 bits per heavy atom. The van der Waals surface area contributed by atoms with E-state index in [-0.39, 0.29) is 6.17 Å². The van der Waals surface area contributed by atoms with Crippen molar-refractivity contribution in [1.82, 2.24) is 10.2 Å². The van der Waals surface area contributed by atoms with Gasteiger partial charge in [0.15, 0.2) is 0 Å². The van der Waals surface area contributed by atoms with Crippen molar-refractivity contribution >= 4 is 15.9 Å². The van der Waals surface area contributed by atoms with Gasteiger partial charge in [0.2, 0.25) is 0 Å². The molecule has 14 heavy (non-hydrogen) atoms. The van der Waals surface area contributed by atoms with Gasteiger partial charge < -0.3 is 10.2 Å². The smallest absolute Gasteiger partial charge is 0.124 e. The van der Waals surface area contributed by atoms with Gasteiger partial charge in [-0.25, -0.2) is 0 Å². The van der Waals surface area contributed by atoms with Crippen LogP contribution in [-0.4, -0.2) is 18.1 Å². The first-order valence-corrected chi connectivity index (χ1v) is 5.55. The molecule has 1 aliphatic rings. The Balaban J connectivity index is 2.65. The van der Waals surface area contributed by atoms with Gasteiger partial charge in [0, 0.05) is 23.9 Å². The summed E-state index contributed by atoms with van der Waals surface area (Å²) in [4.78, 5) is 2.13. The Bertz CT molecular complexity index is 292. The molecule has 1 atom stereocenters. The summed E-state index contributed by atoms with van der Waals surface area (Å²) < 4.78 is 1.19. The van der Waals surface area contributed by atoms with Crippen LogP contribution >= 0.6 is 15.9 Å². The van der Waals surface area contributed by atoms with Crippen LogP contribution in [0.15, 0.2) is 34.6 Å². The lowest BCUT2D eigenvalue weighted by molar-refractivity contribution is 0.353. The van der Waals surface area contributed by atoms with E-state index in [2.05, 4.69) is 52.8 Å². The highest BCUT2D eigenvalue weighted by Gasteiger charge is 2.20. The quantitative estimate of drug-likeness (QED) is 0.836. The number of hydrogen-bond acceptors (Lipinski definition) is 2. The molecule has 0 aromatic carbocycles. The molecule has 0 saturated carbocycles. The zero-order valence-electron chi connectivity index (χ0n) is 8.97. The number of allylic oxidation sites excluding steroid dienone is 1. The van der Waals surface area contributed by atoms with Crippen molar-refractivity contribution in [3.05, 3.63) is 34.6 Å². The number of likely N-dealkylation sites (N-methyl/N-ethyl adjacent to an activating group) is 1. The highest BCUT2D eigenvalue weighted by molar-refractivity contribution is 9.11. The van der Waals surface area contributed by atoms with E-state index in [0.717, 1.165) is 12.0 Å². The molecule has 78 valence electrons. The van der Waals surface area contributed by atoms with E-state index in [1.54, 1.807) is 0 Å². The van der Waals surface area contributed by atoms with Gasteiger partial charge in [0.25, 0.3) is 0 Å². The number of rotatable bonds is 3. The summed E-state index contributed by atoms with van der Waals surface area (Å²) in [6.07, 6.45) is 5.32. The van der Waals surface area contributed by atoms with E-state index in [4.69, 9.17) is 0 Å². The van der Waals surface area contributed by atoms with Gasteiger partial charge in [-0.15, -0.1) is 0 Å². The van der Waals surface area contributed by atoms with E-state index in [1.165, 1.54) is 10.1 Å². The Labute approximate surface area is 94.5 Å². The number of halogens is 1. The van der Waals surface area contributed by atoms with Gasteiger partial charge in [-0.05, 0) is 24.5 Å². The molecule has 1 rings (SSSR count). The molecule has 0 aromatic heterocycles. The Kier molecular flexibility index (Phi) is 3.81. The SMILES string of the molecule is C=C1C(C)=CNC1N(C)/C=C(/Br)CC. The van der Waals surface area contributed by atoms with Gasteiger partial charge in [0.1, 0.15) is 6.17 Å². The Morgan fingerprint density at radius 2 is 2.43 bits per heavy atom. The van der Waals surface area contributed by atoms with Crippen molar-refractivity contribution in [2.75, 3.05) is 7.05 Å². The summed E-state index contributed by atoms with van der Waals surface area (Å²) in [6.45, 7) is 8.24. The van der Waals surface area contributed by atoms with Crippen molar-refractivity contribution in [3.8, 4) is 0 Å². The molecule has 0 amide bonds. The minimum Gasteiger partial charge on any atom is -0.367 e. The normalized spacial score (nSPS) is 22.0. The standard InChI is InChI=1S/C11H17BrN2/c1-5-10(12)7-14(4)11-9(3)8(2)6-13-11/h6-7,11,13H,3,5H2,1-2,4H3/b10-7+. The minimum atomic E-state index is 0.203. The predicted octanol–water partition coefficient (Wildman–Crippen LogP) is 2.95. The maximum Gasteiger partial charge on any atom is 0.124 e. The molecule has 0 aliphatic carbocycles. The second-order valence-corrected chi connectivity index (χ2v) is 4.54. The lowest BCUT2D eigenvalue weighted by Crippen LogP contribution is -2.36. The second kappa shape index (κ2) is 4.69. The highest BCUT2D eigenvalue weighted by atomic mass is 79.9. The second-order valence-electron chi connectivity index (χ2n) is 3.52. The van der Waals surface area contributed by atoms with E-state index in [9.17, 15) is 0 Å². The van der Waals surface area contributed by atoms with Crippen molar-refractivity contribution in [3.63, 3.8) is 0 Å². The number of hydrogen-bond donors (Lipinski definition) is 1. The molecular weight excluding hydrogens is 240 g/mol. The third kappa shape index (κ3) is 2.41. The highest BCUT2D eigenvalue weighted by Crippen LogP contribution is 2.21. The zero-order valence-corrected chi connectivity index (χ0v) is 10.6. The fourth-order valence-corrected chi connectivity index (χ4v) is 1.69. The molecule has 0 spiro atoms. The molecule has 0 aromatic rings. The fourth-order valence-electron chi connectivity index (χ4n) is 1.36. The first kappa shape index (κ1) is 11.4. The summed E-state index contributed by atoms with van der Waals surface area (Å²) in [5, 5.41) is 3.28. The minimum absolute atomic E-state index is 0.203. The van der Waals surface area contributed by atoms with Crippen LogP contribution in [0.4, 0.5) is 0 Å². The summed E-state index contributed by atoms with van der Waals surface area (Å²) in [6, 6.07) is 0. The third-order valence-electron chi connectivity index (χ3n) is 2.38. The van der Waals surface area contributed by atoms with Crippen LogP contribution in [0, 0.1) is 0 Å². The van der Waals surface area contributed by atoms with E-state index < -0.39 is 0 Å². The summed E-state index contributed by atoms with van der Waals surface area (Å²) in [5.41, 5.74) is 2.36. The maximum atomic E-state index is 4.05. The van der Waals surface area contributed by atoms with Crippen LogP contribution < -0.4 is 5.32 Å². The number of nitrogens with zero attached hydrogens (tertiary/aromatic N) is 1. The van der Waals surface area contributed by atoms with Crippen LogP contribution in [0.3, 0.4) is 0 Å². The monoisotopic (exact) mass is 256 g/mol. The zero-order chi connectivity index (χ0) is 10.7. The van der Waals surface area contributed by atoms with Crippen LogP contribution in [-0.2, 0) is 0 Å². The van der Waals surface area contributed by atoms with Crippen molar-refractivity contribution in [1.29, 1.82) is 0 Å². The average molecular weight is 257 g/mol. The van der Waals surface area contributed by atoms with E-state index >= 15 is 0 Å². The topological polar surface area (TPSA) is 15.3 Å². The lowest BCUT2D eigenvalue weighted by Gasteiger charge is -2.25. The van der Waals surface area contributed by atoms with Crippen molar-refractivity contribution < 1.29 is 0 Å². The van der Waals surface area contributed by atoms with Gasteiger partial charge in [-0.1, -0.05) is 29.4 Å². The molecule has 0 radical (unpaired) electrons. The molecule has 1 aliphatic heterocycles. The lowest BCUT2D eigenvalue weighted by atomic mass is 10.1. The molecule has 1 unspecified atom stereocenters. The molecular formula is C11H17BrN2. The summed E-state index contributed by atoms with van der Waals surface area (Å²) in [7, 11) is 2.05. The van der Waals surface area contributed by atoms with Crippen LogP contribution in [0.1, 0.15) is 20.3 Å². The van der Waals surface area contributed by atoms with Crippen LogP contribution in [0.25, 0.3) is 0 Å². The average Bonchev–Trinajstić information content (AvgIpc) is 2.47. The van der Waals surface area contributed by atoms with Gasteiger partial charge in [-0.3, -0.25) is 0 Å². The van der Waals surface area contributed by atoms with Gasteiger partial charge in [0.05, 0.1) is 0 Å². The van der Waals surface area contributed by atoms with Crippen molar-refractivity contribution in [2.24, 2.45) is 0 Å². The van der Waals surface area contributed by atoms with E-state index in [1.807, 2.05) is 13.2 Å². The summed E-state index contributed by atoms with van der Waals surface area (Å²) >= 11 is 3.50. The molecule has 3 heteroatoms. The predicted molar refractivity (Wildman–Crippen MR) is 64.9 cm³/mol. The molecule has 1 heterocycles. The van der Waals surface area contributed by atoms with Crippen LogP contribution in [0.2, 0.25) is 0 Å². The van der Waals surface area contributed by atoms with Crippen molar-refractivity contribution in [2.45, 2.75) is 26.4 Å². The van der Waals surface area contributed by atoms with Crippen LogP contribution in [0.5, 0.6) is 0 Å². The molecule has 0 saturated heterocycles. The molecule has 0 fully saturated rings. The number of nitrogens with one attached hydrogen (secondary N) is 1. The maximum absolute atomic E-state index is 4.05. The van der Waals surface area contributed by atoms with Gasteiger partial charge >= 0.3 is 0 Å². The molecule has 1 N–H and O–H groups in total. The first-order chi connectivity index (χ1) is 6.56. The molecule has 2 nitrogen and oxygen atoms in total. The van der Waals surface area contributed by atoms with E-state index in [0.29, 0.717) is 0 Å². The van der Waals surface area contributed by atoms with Gasteiger partial charge in [-0.2, -0.15) is 0 Å². The summed E-state index contributed by atoms with van der Waals surface area (Å²) in [5.74, 6) is 0. The Morgan fingerprint density at radius 1 is 1.79 bits per heavy atom.